The standard InChI is InChI=1S/C13H14N2O2S/c16-13(17)7-11-4-5-12(18-11)9-14-8-10-3-1-2-6-15-10/h1-6,14H,7-9H2,(H,16,17). The van der Waals surface area contributed by atoms with Gasteiger partial charge < -0.3 is 10.4 Å². The first-order valence-electron chi connectivity index (χ1n) is 5.64. The Kier molecular flexibility index (Phi) is 4.44. The van der Waals surface area contributed by atoms with Gasteiger partial charge in [-0.15, -0.1) is 11.3 Å². The van der Waals surface area contributed by atoms with Crippen molar-refractivity contribution in [2.24, 2.45) is 0 Å². The van der Waals surface area contributed by atoms with E-state index < -0.39 is 5.97 Å². The number of nitrogens with one attached hydrogen (secondary N) is 1. The van der Waals surface area contributed by atoms with Crippen molar-refractivity contribution in [1.29, 1.82) is 0 Å². The van der Waals surface area contributed by atoms with Crippen LogP contribution < -0.4 is 5.32 Å². The van der Waals surface area contributed by atoms with Crippen molar-refractivity contribution in [3.63, 3.8) is 0 Å². The van der Waals surface area contributed by atoms with Crippen LogP contribution >= 0.6 is 11.3 Å². The second-order valence-electron chi connectivity index (χ2n) is 3.86. The summed E-state index contributed by atoms with van der Waals surface area (Å²) < 4.78 is 0. The fourth-order valence-electron chi connectivity index (χ4n) is 1.58. The summed E-state index contributed by atoms with van der Waals surface area (Å²) in [5.74, 6) is -0.787. The van der Waals surface area contributed by atoms with E-state index in [0.717, 1.165) is 22.0 Å². The summed E-state index contributed by atoms with van der Waals surface area (Å²) in [6.45, 7) is 1.45. The summed E-state index contributed by atoms with van der Waals surface area (Å²) in [6, 6.07) is 9.66. The van der Waals surface area contributed by atoms with E-state index in [2.05, 4.69) is 10.3 Å². The highest BCUT2D eigenvalue weighted by Crippen LogP contribution is 2.16. The minimum Gasteiger partial charge on any atom is -0.481 e. The normalized spacial score (nSPS) is 10.4. The molecule has 5 heteroatoms. The molecule has 94 valence electrons. The fourth-order valence-corrected chi connectivity index (χ4v) is 2.56. The van der Waals surface area contributed by atoms with E-state index in [1.807, 2.05) is 30.3 Å². The van der Waals surface area contributed by atoms with Crippen molar-refractivity contribution < 1.29 is 9.90 Å². The molecule has 0 aliphatic rings. The molecule has 18 heavy (non-hydrogen) atoms. The molecule has 0 saturated heterocycles. The molecule has 2 N–H and O–H groups in total. The molecule has 0 bridgehead atoms. The van der Waals surface area contributed by atoms with E-state index in [4.69, 9.17) is 5.11 Å². The Labute approximate surface area is 109 Å². The van der Waals surface area contributed by atoms with Crippen LogP contribution in [0.1, 0.15) is 15.4 Å². The lowest BCUT2D eigenvalue weighted by Crippen LogP contribution is -2.12. The minimum atomic E-state index is -0.787. The zero-order valence-corrected chi connectivity index (χ0v) is 10.6. The third-order valence-corrected chi connectivity index (χ3v) is 3.46. The largest absolute Gasteiger partial charge is 0.481 e. The summed E-state index contributed by atoms with van der Waals surface area (Å²) in [5.41, 5.74) is 1.000. The summed E-state index contributed by atoms with van der Waals surface area (Å²) in [7, 11) is 0. The molecule has 0 unspecified atom stereocenters. The Morgan fingerprint density at radius 2 is 2.06 bits per heavy atom. The van der Waals surface area contributed by atoms with Gasteiger partial charge in [0.05, 0.1) is 12.1 Å². The maximum absolute atomic E-state index is 10.6. The van der Waals surface area contributed by atoms with Gasteiger partial charge in [-0.3, -0.25) is 9.78 Å². The second-order valence-corrected chi connectivity index (χ2v) is 5.12. The highest BCUT2D eigenvalue weighted by molar-refractivity contribution is 7.12. The van der Waals surface area contributed by atoms with E-state index in [0.29, 0.717) is 6.54 Å². The summed E-state index contributed by atoms with van der Waals surface area (Å²) in [6.07, 6.45) is 1.87. The second kappa shape index (κ2) is 6.28. The zero-order valence-electron chi connectivity index (χ0n) is 9.80. The average Bonchev–Trinajstić information content (AvgIpc) is 2.77. The predicted octanol–water partition coefficient (Wildman–Crippen LogP) is 2.06. The monoisotopic (exact) mass is 262 g/mol. The van der Waals surface area contributed by atoms with E-state index in [1.165, 1.54) is 11.3 Å². The number of aromatic nitrogens is 1. The lowest BCUT2D eigenvalue weighted by molar-refractivity contribution is -0.136. The first-order chi connectivity index (χ1) is 8.74. The molecule has 0 atom stereocenters. The Morgan fingerprint density at radius 1 is 1.22 bits per heavy atom. The van der Waals surface area contributed by atoms with Gasteiger partial charge in [0.1, 0.15) is 0 Å². The smallest absolute Gasteiger partial charge is 0.308 e. The first-order valence-corrected chi connectivity index (χ1v) is 6.45. The van der Waals surface area contributed by atoms with Gasteiger partial charge in [-0.05, 0) is 24.3 Å². The number of pyridine rings is 1. The van der Waals surface area contributed by atoms with Crippen LogP contribution in [0.3, 0.4) is 0 Å². The maximum atomic E-state index is 10.6. The van der Waals surface area contributed by atoms with Crippen LogP contribution in [0.5, 0.6) is 0 Å². The number of hydrogen-bond donors (Lipinski definition) is 2. The number of carboxylic acids is 1. The molecule has 2 aromatic rings. The molecule has 4 nitrogen and oxygen atoms in total. The van der Waals surface area contributed by atoms with Crippen LogP contribution in [0.4, 0.5) is 0 Å². The molecule has 2 heterocycles. The van der Waals surface area contributed by atoms with Crippen molar-refractivity contribution in [2.45, 2.75) is 19.5 Å². The Bertz CT molecular complexity index is 511. The molecule has 0 radical (unpaired) electrons. The number of carboxylic acid groups (broad SMARTS) is 1. The predicted molar refractivity (Wildman–Crippen MR) is 70.4 cm³/mol. The summed E-state index contributed by atoms with van der Waals surface area (Å²) in [5, 5.41) is 12.0. The van der Waals surface area contributed by atoms with Crippen molar-refractivity contribution >= 4 is 17.3 Å². The molecule has 2 rings (SSSR count). The van der Waals surface area contributed by atoms with Gasteiger partial charge in [0.15, 0.2) is 0 Å². The Hall–Kier alpha value is -1.72. The Balaban J connectivity index is 1.80. The van der Waals surface area contributed by atoms with Gasteiger partial charge in [0.2, 0.25) is 0 Å². The van der Waals surface area contributed by atoms with Gasteiger partial charge in [-0.25, -0.2) is 0 Å². The van der Waals surface area contributed by atoms with Crippen LogP contribution in [0, 0.1) is 0 Å². The number of hydrogen-bond acceptors (Lipinski definition) is 4. The zero-order chi connectivity index (χ0) is 12.8. The highest BCUT2D eigenvalue weighted by atomic mass is 32.1. The van der Waals surface area contributed by atoms with Gasteiger partial charge in [0.25, 0.3) is 0 Å². The lowest BCUT2D eigenvalue weighted by atomic mass is 10.3. The summed E-state index contributed by atoms with van der Waals surface area (Å²) in [4.78, 5) is 16.8. The molecule has 0 amide bonds. The van der Waals surface area contributed by atoms with E-state index in [1.54, 1.807) is 6.20 Å². The van der Waals surface area contributed by atoms with Crippen molar-refractivity contribution in [2.75, 3.05) is 0 Å². The van der Waals surface area contributed by atoms with Crippen LogP contribution in [0.25, 0.3) is 0 Å². The third kappa shape index (κ3) is 3.94. The maximum Gasteiger partial charge on any atom is 0.308 e. The number of carbonyl (C=O) groups is 1. The van der Waals surface area contributed by atoms with Crippen LogP contribution in [0.2, 0.25) is 0 Å². The molecular formula is C13H14N2O2S. The van der Waals surface area contributed by atoms with Crippen LogP contribution in [-0.2, 0) is 24.3 Å². The quantitative estimate of drug-likeness (QED) is 0.836. The van der Waals surface area contributed by atoms with Crippen molar-refractivity contribution in [3.05, 3.63) is 52.0 Å². The number of thiophene rings is 1. The van der Waals surface area contributed by atoms with Crippen molar-refractivity contribution in [1.82, 2.24) is 10.3 Å². The average molecular weight is 262 g/mol. The first kappa shape index (κ1) is 12.7. The molecule has 2 aromatic heterocycles. The molecule has 0 aromatic carbocycles. The fraction of sp³-hybridized carbons (Fsp3) is 0.231. The van der Waals surface area contributed by atoms with Gasteiger partial charge in [-0.2, -0.15) is 0 Å². The minimum absolute atomic E-state index is 0.102. The molecule has 0 spiro atoms. The van der Waals surface area contributed by atoms with Crippen LogP contribution in [0.15, 0.2) is 36.5 Å². The summed E-state index contributed by atoms with van der Waals surface area (Å²) >= 11 is 1.53. The van der Waals surface area contributed by atoms with E-state index >= 15 is 0 Å². The highest BCUT2D eigenvalue weighted by Gasteiger charge is 2.04. The van der Waals surface area contributed by atoms with Gasteiger partial charge >= 0.3 is 5.97 Å². The Morgan fingerprint density at radius 3 is 2.78 bits per heavy atom. The number of aliphatic carboxylic acids is 1. The molecule has 0 saturated carbocycles. The van der Waals surface area contributed by atoms with Crippen molar-refractivity contribution in [3.8, 4) is 0 Å². The number of nitrogens with zero attached hydrogens (tertiary/aromatic N) is 1. The topological polar surface area (TPSA) is 62.2 Å². The third-order valence-electron chi connectivity index (χ3n) is 2.37. The molecule has 0 aliphatic carbocycles. The molecule has 0 aliphatic heterocycles. The SMILES string of the molecule is O=C(O)Cc1ccc(CNCc2ccccn2)s1. The molecular weight excluding hydrogens is 248 g/mol. The molecule has 0 fully saturated rings. The number of rotatable bonds is 6. The lowest BCUT2D eigenvalue weighted by Gasteiger charge is -2.01. The van der Waals surface area contributed by atoms with Gasteiger partial charge in [0, 0.05) is 29.0 Å². The van der Waals surface area contributed by atoms with E-state index in [-0.39, 0.29) is 6.42 Å². The van der Waals surface area contributed by atoms with Crippen LogP contribution in [-0.4, -0.2) is 16.1 Å². The van der Waals surface area contributed by atoms with E-state index in [9.17, 15) is 4.79 Å². The van der Waals surface area contributed by atoms with Gasteiger partial charge in [-0.1, -0.05) is 6.07 Å².